The van der Waals surface area contributed by atoms with Crippen molar-refractivity contribution in [2.45, 2.75) is 24.9 Å². The van der Waals surface area contributed by atoms with Gasteiger partial charge in [-0.1, -0.05) is 30.3 Å². The van der Waals surface area contributed by atoms with Crippen molar-refractivity contribution < 1.29 is 4.79 Å². The number of carbonyl (C=O) groups is 1. The van der Waals surface area contributed by atoms with Crippen molar-refractivity contribution in [2.24, 2.45) is 5.73 Å². The van der Waals surface area contributed by atoms with E-state index in [0.29, 0.717) is 0 Å². The fourth-order valence-corrected chi connectivity index (χ4v) is 2.75. The molecule has 1 aromatic rings. The van der Waals surface area contributed by atoms with Gasteiger partial charge >= 0.3 is 0 Å². The number of piperazine rings is 1. The molecule has 1 heterocycles. The van der Waals surface area contributed by atoms with Crippen molar-refractivity contribution in [3.63, 3.8) is 0 Å². The van der Waals surface area contributed by atoms with E-state index in [4.69, 9.17) is 5.73 Å². The lowest BCUT2D eigenvalue weighted by Crippen LogP contribution is -2.51. The number of rotatable bonds is 3. The molecule has 1 aromatic carbocycles. The summed E-state index contributed by atoms with van der Waals surface area (Å²) in [6, 6.07) is 9.90. The van der Waals surface area contributed by atoms with E-state index in [-0.39, 0.29) is 30.7 Å². The molecular formula is C15H23Cl2N3O. The second kappa shape index (κ2) is 7.99. The Morgan fingerprint density at radius 2 is 1.62 bits per heavy atom. The van der Waals surface area contributed by atoms with Crippen LogP contribution in [0.25, 0.3) is 0 Å². The van der Waals surface area contributed by atoms with E-state index in [9.17, 15) is 4.79 Å². The average Bonchev–Trinajstić information content (AvgIpc) is 3.31. The van der Waals surface area contributed by atoms with Gasteiger partial charge in [-0.2, -0.15) is 0 Å². The average molecular weight is 332 g/mol. The first-order valence-corrected chi connectivity index (χ1v) is 7.09. The quantitative estimate of drug-likeness (QED) is 0.919. The normalized spacial score (nSPS) is 20.1. The van der Waals surface area contributed by atoms with Crippen LogP contribution in [0.4, 0.5) is 0 Å². The summed E-state index contributed by atoms with van der Waals surface area (Å²) in [4.78, 5) is 16.8. The number of carbonyl (C=O) groups excluding carboxylic acids is 1. The molecule has 0 aromatic heterocycles. The molecule has 6 heteroatoms. The minimum Gasteiger partial charge on any atom is -0.338 e. The van der Waals surface area contributed by atoms with Gasteiger partial charge in [-0.05, 0) is 18.4 Å². The van der Waals surface area contributed by atoms with Gasteiger partial charge in [-0.15, -0.1) is 24.8 Å². The molecule has 1 saturated heterocycles. The van der Waals surface area contributed by atoms with E-state index in [0.717, 1.165) is 37.8 Å². The Labute approximate surface area is 138 Å². The molecule has 4 nitrogen and oxygen atoms in total. The van der Waals surface area contributed by atoms with Crippen molar-refractivity contribution in [3.05, 3.63) is 35.9 Å². The minimum atomic E-state index is -0.520. The van der Waals surface area contributed by atoms with Crippen molar-refractivity contribution in [2.75, 3.05) is 26.2 Å². The van der Waals surface area contributed by atoms with Crippen LogP contribution >= 0.6 is 24.8 Å². The van der Waals surface area contributed by atoms with E-state index < -0.39 is 6.04 Å². The summed E-state index contributed by atoms with van der Waals surface area (Å²) in [5.74, 6) is 0.0571. The smallest absolute Gasteiger partial charge is 0.244 e. The van der Waals surface area contributed by atoms with Crippen LogP contribution in [0, 0.1) is 0 Å². The van der Waals surface area contributed by atoms with Gasteiger partial charge in [-0.25, -0.2) is 0 Å². The largest absolute Gasteiger partial charge is 0.338 e. The van der Waals surface area contributed by atoms with Gasteiger partial charge in [0.1, 0.15) is 6.04 Å². The van der Waals surface area contributed by atoms with Crippen LogP contribution in [-0.4, -0.2) is 47.9 Å². The monoisotopic (exact) mass is 331 g/mol. The first kappa shape index (κ1) is 18.2. The van der Waals surface area contributed by atoms with E-state index >= 15 is 0 Å². The molecule has 2 fully saturated rings. The van der Waals surface area contributed by atoms with Gasteiger partial charge in [0.15, 0.2) is 0 Å². The predicted molar refractivity (Wildman–Crippen MR) is 89.0 cm³/mol. The van der Waals surface area contributed by atoms with Gasteiger partial charge in [0.2, 0.25) is 5.91 Å². The highest BCUT2D eigenvalue weighted by Crippen LogP contribution is 2.27. The zero-order chi connectivity index (χ0) is 13.2. The number of amides is 1. The molecule has 0 spiro atoms. The van der Waals surface area contributed by atoms with Crippen LogP contribution in [0.3, 0.4) is 0 Å². The third kappa shape index (κ3) is 4.33. The molecular weight excluding hydrogens is 309 g/mol. The number of benzene rings is 1. The summed E-state index contributed by atoms with van der Waals surface area (Å²) in [5, 5.41) is 0. The third-order valence-corrected chi connectivity index (χ3v) is 4.11. The Bertz CT molecular complexity index is 445. The number of nitrogens with zero attached hydrogens (tertiary/aromatic N) is 2. The fraction of sp³-hybridized carbons (Fsp3) is 0.533. The lowest BCUT2D eigenvalue weighted by atomic mass is 10.1. The first-order valence-electron chi connectivity index (χ1n) is 7.09. The minimum absolute atomic E-state index is 0. The number of halogens is 2. The molecule has 2 aliphatic rings. The Balaban J connectivity index is 0.00000110. The summed E-state index contributed by atoms with van der Waals surface area (Å²) in [5.41, 5.74) is 6.97. The molecule has 1 saturated carbocycles. The van der Waals surface area contributed by atoms with Gasteiger partial charge in [0, 0.05) is 32.2 Å². The highest BCUT2D eigenvalue weighted by molar-refractivity contribution is 5.85. The van der Waals surface area contributed by atoms with Gasteiger partial charge in [-0.3, -0.25) is 9.69 Å². The molecule has 1 aliphatic heterocycles. The molecule has 0 radical (unpaired) electrons. The maximum atomic E-state index is 12.4. The van der Waals surface area contributed by atoms with E-state index in [1.165, 1.54) is 12.8 Å². The fourth-order valence-electron chi connectivity index (χ4n) is 2.75. The van der Waals surface area contributed by atoms with E-state index in [1.54, 1.807) is 0 Å². The van der Waals surface area contributed by atoms with E-state index in [1.807, 2.05) is 35.2 Å². The maximum absolute atomic E-state index is 12.4. The molecule has 1 unspecified atom stereocenters. The summed E-state index contributed by atoms with van der Waals surface area (Å²) in [6.07, 6.45) is 2.66. The third-order valence-electron chi connectivity index (χ3n) is 4.11. The van der Waals surface area contributed by atoms with Crippen LogP contribution in [0.2, 0.25) is 0 Å². The Morgan fingerprint density at radius 1 is 1.05 bits per heavy atom. The van der Waals surface area contributed by atoms with Gasteiger partial charge in [0.05, 0.1) is 0 Å². The highest BCUT2D eigenvalue weighted by atomic mass is 35.5. The number of hydrogen-bond acceptors (Lipinski definition) is 3. The second-order valence-electron chi connectivity index (χ2n) is 5.48. The van der Waals surface area contributed by atoms with Gasteiger partial charge in [0.25, 0.3) is 0 Å². The maximum Gasteiger partial charge on any atom is 0.244 e. The van der Waals surface area contributed by atoms with Crippen LogP contribution in [0.5, 0.6) is 0 Å². The van der Waals surface area contributed by atoms with Crippen molar-refractivity contribution in [1.29, 1.82) is 0 Å². The number of nitrogens with two attached hydrogens (primary N) is 1. The Hall–Kier alpha value is -0.810. The van der Waals surface area contributed by atoms with Crippen molar-refractivity contribution in [3.8, 4) is 0 Å². The van der Waals surface area contributed by atoms with Crippen LogP contribution in [0.15, 0.2) is 30.3 Å². The summed E-state index contributed by atoms with van der Waals surface area (Å²) < 4.78 is 0. The molecule has 1 aliphatic carbocycles. The molecule has 21 heavy (non-hydrogen) atoms. The second-order valence-corrected chi connectivity index (χ2v) is 5.48. The summed E-state index contributed by atoms with van der Waals surface area (Å²) in [6.45, 7) is 3.63. The lowest BCUT2D eigenvalue weighted by molar-refractivity contribution is -0.134. The van der Waals surface area contributed by atoms with Crippen molar-refractivity contribution >= 4 is 30.7 Å². The molecule has 2 N–H and O–H groups in total. The van der Waals surface area contributed by atoms with Crippen LogP contribution < -0.4 is 5.73 Å². The lowest BCUT2D eigenvalue weighted by Gasteiger charge is -2.36. The predicted octanol–water partition coefficient (Wildman–Crippen LogP) is 1.84. The van der Waals surface area contributed by atoms with Crippen molar-refractivity contribution in [1.82, 2.24) is 9.80 Å². The molecule has 0 bridgehead atoms. The Kier molecular flexibility index (Phi) is 6.94. The van der Waals surface area contributed by atoms with E-state index in [2.05, 4.69) is 4.90 Å². The zero-order valence-electron chi connectivity index (χ0n) is 12.0. The van der Waals surface area contributed by atoms with Gasteiger partial charge < -0.3 is 10.6 Å². The SMILES string of the molecule is Cl.Cl.NC(C(=O)N1CCN(C2CC2)CC1)c1ccccc1. The zero-order valence-corrected chi connectivity index (χ0v) is 13.6. The van der Waals surface area contributed by atoms with Crippen LogP contribution in [0.1, 0.15) is 24.4 Å². The Morgan fingerprint density at radius 3 is 2.14 bits per heavy atom. The summed E-state index contributed by atoms with van der Waals surface area (Å²) >= 11 is 0. The molecule has 3 rings (SSSR count). The molecule has 1 amide bonds. The van der Waals surface area contributed by atoms with Crippen LogP contribution in [-0.2, 0) is 4.79 Å². The first-order chi connectivity index (χ1) is 9.25. The molecule has 1 atom stereocenters. The number of hydrogen-bond donors (Lipinski definition) is 1. The molecule has 118 valence electrons. The standard InChI is InChI=1S/C15H21N3O.2ClH/c16-14(12-4-2-1-3-5-12)15(19)18-10-8-17(9-11-18)13-6-7-13;;/h1-5,13-14H,6-11,16H2;2*1H. The summed E-state index contributed by atoms with van der Waals surface area (Å²) in [7, 11) is 0. The topological polar surface area (TPSA) is 49.6 Å². The highest BCUT2D eigenvalue weighted by Gasteiger charge is 2.33.